The summed E-state index contributed by atoms with van der Waals surface area (Å²) in [5.74, 6) is 1.41. The molecular weight excluding hydrogens is 176 g/mol. The number of carbonyl (C=O) groups is 1. The Balaban J connectivity index is 3.40. The number of aromatic carboxylic acids is 1. The number of benzene rings is 1. The van der Waals surface area contributed by atoms with Crippen molar-refractivity contribution < 1.29 is 9.90 Å². The molecule has 1 rings (SSSR count). The van der Waals surface area contributed by atoms with E-state index in [9.17, 15) is 4.79 Å². The highest BCUT2D eigenvalue weighted by molar-refractivity contribution is 5.94. The molecule has 0 fully saturated rings. The van der Waals surface area contributed by atoms with E-state index < -0.39 is 5.97 Å². The molecule has 70 valence electrons. The molecule has 2 nitrogen and oxygen atoms in total. The van der Waals surface area contributed by atoms with Crippen molar-refractivity contribution >= 4 is 11.5 Å². The summed E-state index contributed by atoms with van der Waals surface area (Å²) in [6.45, 7) is 5.47. The van der Waals surface area contributed by atoms with Crippen molar-refractivity contribution in [2.45, 2.75) is 6.92 Å². The van der Waals surface area contributed by atoms with Gasteiger partial charge in [-0.05, 0) is 24.6 Å². The third kappa shape index (κ3) is 1.83. The summed E-state index contributed by atoms with van der Waals surface area (Å²) in [6.07, 6.45) is 5.18. The molecule has 14 heavy (non-hydrogen) atoms. The molecule has 2 heteroatoms. The number of terminal acetylenes is 1. The van der Waals surface area contributed by atoms with Gasteiger partial charge in [-0.3, -0.25) is 0 Å². The predicted octanol–water partition coefficient (Wildman–Crippen LogP) is 2.40. The molecule has 1 N–H and O–H groups in total. The van der Waals surface area contributed by atoms with E-state index in [-0.39, 0.29) is 5.56 Å². The summed E-state index contributed by atoms with van der Waals surface area (Å²) in [7, 11) is 0. The number of allylic oxidation sites excluding steroid dienone is 1. The van der Waals surface area contributed by atoms with Crippen molar-refractivity contribution in [3.05, 3.63) is 41.5 Å². The van der Waals surface area contributed by atoms with Crippen LogP contribution < -0.4 is 0 Å². The van der Waals surface area contributed by atoms with Crippen LogP contribution in [0.1, 0.15) is 28.4 Å². The van der Waals surface area contributed by atoms with Crippen LogP contribution in [0.5, 0.6) is 0 Å². The quantitative estimate of drug-likeness (QED) is 0.720. The number of carboxylic acid groups (broad SMARTS) is 1. The van der Waals surface area contributed by atoms with Crippen molar-refractivity contribution in [3.8, 4) is 12.3 Å². The first kappa shape index (κ1) is 10.1. The lowest BCUT2D eigenvalue weighted by atomic mass is 9.99. The molecule has 0 saturated heterocycles. The van der Waals surface area contributed by atoms with Crippen LogP contribution in [0, 0.1) is 12.3 Å². The standard InChI is InChI=1S/C12H10O2/c1-4-9-5-6-10(8(2)3)11(7-9)12(13)14/h1,5-7H,2H2,3H3,(H,13,14). The molecule has 0 radical (unpaired) electrons. The first-order chi connectivity index (χ1) is 6.56. The van der Waals surface area contributed by atoms with Gasteiger partial charge in [0, 0.05) is 5.56 Å². The van der Waals surface area contributed by atoms with Gasteiger partial charge in [0.1, 0.15) is 0 Å². The van der Waals surface area contributed by atoms with Crippen LogP contribution in [0.3, 0.4) is 0 Å². The van der Waals surface area contributed by atoms with Crippen molar-refractivity contribution in [2.75, 3.05) is 0 Å². The lowest BCUT2D eigenvalue weighted by Gasteiger charge is -2.05. The Hall–Kier alpha value is -2.01. The highest BCUT2D eigenvalue weighted by Gasteiger charge is 2.10. The van der Waals surface area contributed by atoms with Gasteiger partial charge in [-0.25, -0.2) is 4.79 Å². The molecule has 0 aliphatic rings. The van der Waals surface area contributed by atoms with Crippen molar-refractivity contribution in [1.29, 1.82) is 0 Å². The highest BCUT2D eigenvalue weighted by Crippen LogP contribution is 2.18. The topological polar surface area (TPSA) is 37.3 Å². The summed E-state index contributed by atoms with van der Waals surface area (Å²) in [4.78, 5) is 10.9. The van der Waals surface area contributed by atoms with Crippen LogP contribution in [0.2, 0.25) is 0 Å². The number of hydrogen-bond donors (Lipinski definition) is 1. The average molecular weight is 186 g/mol. The minimum atomic E-state index is -0.986. The largest absolute Gasteiger partial charge is 0.478 e. The van der Waals surface area contributed by atoms with E-state index in [2.05, 4.69) is 12.5 Å². The first-order valence-corrected chi connectivity index (χ1v) is 4.06. The monoisotopic (exact) mass is 186 g/mol. The second kappa shape index (κ2) is 3.80. The van der Waals surface area contributed by atoms with E-state index in [0.29, 0.717) is 16.7 Å². The van der Waals surface area contributed by atoms with Gasteiger partial charge in [-0.1, -0.05) is 24.1 Å². The van der Waals surface area contributed by atoms with Gasteiger partial charge >= 0.3 is 5.97 Å². The Kier molecular flexibility index (Phi) is 2.73. The molecule has 0 aliphatic carbocycles. The lowest BCUT2D eigenvalue weighted by molar-refractivity contribution is 0.0696. The second-order valence-electron chi connectivity index (χ2n) is 2.99. The summed E-state index contributed by atoms with van der Waals surface area (Å²) in [5.41, 5.74) is 2.10. The molecule has 0 unspecified atom stereocenters. The van der Waals surface area contributed by atoms with Gasteiger partial charge in [-0.15, -0.1) is 6.42 Å². The van der Waals surface area contributed by atoms with Gasteiger partial charge in [-0.2, -0.15) is 0 Å². The van der Waals surface area contributed by atoms with Crippen LogP contribution in [0.25, 0.3) is 5.57 Å². The summed E-state index contributed by atoms with van der Waals surface area (Å²) in [5, 5.41) is 8.92. The van der Waals surface area contributed by atoms with Gasteiger partial charge in [0.25, 0.3) is 0 Å². The Morgan fingerprint density at radius 1 is 1.50 bits per heavy atom. The van der Waals surface area contributed by atoms with Gasteiger partial charge in [0.2, 0.25) is 0 Å². The van der Waals surface area contributed by atoms with Gasteiger partial charge < -0.3 is 5.11 Å². The fourth-order valence-electron chi connectivity index (χ4n) is 1.18. The van der Waals surface area contributed by atoms with Crippen molar-refractivity contribution in [2.24, 2.45) is 0 Å². The maximum absolute atomic E-state index is 10.9. The molecule has 0 aliphatic heterocycles. The zero-order valence-electron chi connectivity index (χ0n) is 7.87. The predicted molar refractivity (Wildman–Crippen MR) is 56.0 cm³/mol. The minimum absolute atomic E-state index is 0.202. The van der Waals surface area contributed by atoms with Crippen LogP contribution in [0.4, 0.5) is 0 Å². The maximum atomic E-state index is 10.9. The Morgan fingerprint density at radius 3 is 2.57 bits per heavy atom. The number of carboxylic acids is 1. The molecule has 0 atom stereocenters. The third-order valence-electron chi connectivity index (χ3n) is 1.88. The number of hydrogen-bond acceptors (Lipinski definition) is 1. The molecule has 0 heterocycles. The molecule has 1 aromatic rings. The normalized spacial score (nSPS) is 9.14. The maximum Gasteiger partial charge on any atom is 0.336 e. The van der Waals surface area contributed by atoms with E-state index in [1.54, 1.807) is 19.1 Å². The van der Waals surface area contributed by atoms with Crippen LogP contribution in [-0.2, 0) is 0 Å². The van der Waals surface area contributed by atoms with E-state index >= 15 is 0 Å². The second-order valence-corrected chi connectivity index (χ2v) is 2.99. The molecule has 0 saturated carbocycles. The number of rotatable bonds is 2. The third-order valence-corrected chi connectivity index (χ3v) is 1.88. The van der Waals surface area contributed by atoms with Crippen LogP contribution in [-0.4, -0.2) is 11.1 Å². The van der Waals surface area contributed by atoms with E-state index in [4.69, 9.17) is 11.5 Å². The average Bonchev–Trinajstić information content (AvgIpc) is 2.16. The molecular formula is C12H10O2. The SMILES string of the molecule is C#Cc1ccc(C(=C)C)c(C(=O)O)c1. The van der Waals surface area contributed by atoms with Crippen molar-refractivity contribution in [1.82, 2.24) is 0 Å². The fraction of sp³-hybridized carbons (Fsp3) is 0.0833. The van der Waals surface area contributed by atoms with Gasteiger partial charge in [0.15, 0.2) is 0 Å². The first-order valence-electron chi connectivity index (χ1n) is 4.06. The zero-order valence-corrected chi connectivity index (χ0v) is 7.87. The Morgan fingerprint density at radius 2 is 2.14 bits per heavy atom. The van der Waals surface area contributed by atoms with Crippen LogP contribution >= 0.6 is 0 Å². The smallest absolute Gasteiger partial charge is 0.336 e. The fourth-order valence-corrected chi connectivity index (χ4v) is 1.18. The van der Waals surface area contributed by atoms with E-state index in [1.165, 1.54) is 6.07 Å². The highest BCUT2D eigenvalue weighted by atomic mass is 16.4. The van der Waals surface area contributed by atoms with Crippen LogP contribution in [0.15, 0.2) is 24.8 Å². The summed E-state index contributed by atoms with van der Waals surface area (Å²) < 4.78 is 0. The minimum Gasteiger partial charge on any atom is -0.478 e. The zero-order chi connectivity index (χ0) is 10.7. The lowest BCUT2D eigenvalue weighted by Crippen LogP contribution is -2.01. The Bertz CT molecular complexity index is 436. The van der Waals surface area contributed by atoms with E-state index in [1.807, 2.05) is 0 Å². The van der Waals surface area contributed by atoms with Gasteiger partial charge in [0.05, 0.1) is 5.56 Å². The molecule has 0 spiro atoms. The summed E-state index contributed by atoms with van der Waals surface area (Å²) in [6, 6.07) is 4.86. The van der Waals surface area contributed by atoms with Crippen molar-refractivity contribution in [3.63, 3.8) is 0 Å². The molecule has 1 aromatic carbocycles. The Labute approximate surface area is 82.9 Å². The van der Waals surface area contributed by atoms with E-state index in [0.717, 1.165) is 0 Å². The molecule has 0 aromatic heterocycles. The molecule has 0 amide bonds. The summed E-state index contributed by atoms with van der Waals surface area (Å²) >= 11 is 0. The molecule has 0 bridgehead atoms.